The average Bonchev–Trinajstić information content (AvgIpc) is 3.06. The predicted octanol–water partition coefficient (Wildman–Crippen LogP) is 3.38. The number of aliphatic hydroxyl groups is 1. The Labute approximate surface area is 171 Å². The number of fused-ring (bicyclic) bond motifs is 1. The lowest BCUT2D eigenvalue weighted by atomic mass is 9.99. The van der Waals surface area contributed by atoms with Gasteiger partial charge >= 0.3 is 5.97 Å². The summed E-state index contributed by atoms with van der Waals surface area (Å²) in [6, 6.07) is 12.2. The third kappa shape index (κ3) is 3.86. The molecule has 9 heteroatoms. The van der Waals surface area contributed by atoms with E-state index >= 15 is 0 Å². The van der Waals surface area contributed by atoms with Crippen LogP contribution in [0.5, 0.6) is 0 Å². The van der Waals surface area contributed by atoms with Gasteiger partial charge in [0.2, 0.25) is 0 Å². The standard InChI is InChI=1S/C21H17N3O6/c1-3-30-21(27)17(12(2)25)18-13-8-4-5-9-14(13)19(22-18)23-20(26)15-10-6-7-11-16(15)24(28)29/h4-11,25H,3H2,1-2H3/b17-12-,23-19?. The molecule has 0 atom stereocenters. The number of aliphatic imine (C=N–C) groups is 2. The Bertz CT molecular complexity index is 1140. The fourth-order valence-electron chi connectivity index (χ4n) is 2.98. The van der Waals surface area contributed by atoms with E-state index < -0.39 is 16.8 Å². The summed E-state index contributed by atoms with van der Waals surface area (Å²) >= 11 is 0. The van der Waals surface area contributed by atoms with E-state index in [-0.39, 0.29) is 40.7 Å². The number of carbonyl (C=O) groups is 2. The summed E-state index contributed by atoms with van der Waals surface area (Å²) in [7, 11) is 0. The summed E-state index contributed by atoms with van der Waals surface area (Å²) in [5.41, 5.74) is 0.327. The molecule has 0 spiro atoms. The molecular weight excluding hydrogens is 390 g/mol. The molecule has 152 valence electrons. The zero-order chi connectivity index (χ0) is 21.8. The van der Waals surface area contributed by atoms with E-state index in [0.717, 1.165) is 0 Å². The molecule has 0 unspecified atom stereocenters. The molecule has 0 bridgehead atoms. The number of amidine groups is 1. The second-order valence-corrected chi connectivity index (χ2v) is 6.20. The van der Waals surface area contributed by atoms with Gasteiger partial charge in [0.25, 0.3) is 11.6 Å². The number of hydrogen-bond donors (Lipinski definition) is 1. The highest BCUT2D eigenvalue weighted by atomic mass is 16.6. The maximum atomic E-state index is 12.7. The highest BCUT2D eigenvalue weighted by Gasteiger charge is 2.31. The third-order valence-corrected chi connectivity index (χ3v) is 4.26. The van der Waals surface area contributed by atoms with Gasteiger partial charge in [0, 0.05) is 17.2 Å². The van der Waals surface area contributed by atoms with Crippen LogP contribution < -0.4 is 0 Å². The normalized spacial score (nSPS) is 14.6. The minimum atomic E-state index is -0.848. The van der Waals surface area contributed by atoms with E-state index in [9.17, 15) is 24.8 Å². The molecule has 0 saturated heterocycles. The lowest BCUT2D eigenvalue weighted by Crippen LogP contribution is -2.18. The smallest absolute Gasteiger partial charge is 0.343 e. The molecule has 0 aromatic heterocycles. The van der Waals surface area contributed by atoms with Crippen LogP contribution in [0.1, 0.15) is 35.3 Å². The van der Waals surface area contributed by atoms with Crippen molar-refractivity contribution in [3.05, 3.63) is 86.7 Å². The van der Waals surface area contributed by atoms with E-state index in [1.165, 1.54) is 31.2 Å². The number of hydrogen-bond acceptors (Lipinski definition) is 6. The Morgan fingerprint density at radius 3 is 2.40 bits per heavy atom. The maximum absolute atomic E-state index is 12.7. The highest BCUT2D eigenvalue weighted by Crippen LogP contribution is 2.26. The molecule has 0 radical (unpaired) electrons. The SMILES string of the molecule is CCOC(=O)/C(C1=NC(=NC(=O)c2ccccc2[N+](=O)[O-])c2ccccc21)=C(/C)O. The molecule has 0 aliphatic carbocycles. The van der Waals surface area contributed by atoms with E-state index in [1.54, 1.807) is 31.2 Å². The Morgan fingerprint density at radius 1 is 1.13 bits per heavy atom. The Morgan fingerprint density at radius 2 is 1.77 bits per heavy atom. The first kappa shape index (κ1) is 20.6. The van der Waals surface area contributed by atoms with Gasteiger partial charge in [0.15, 0.2) is 5.84 Å². The molecule has 2 aromatic rings. The molecule has 1 N–H and O–H groups in total. The molecule has 1 amide bonds. The van der Waals surface area contributed by atoms with E-state index in [0.29, 0.717) is 11.1 Å². The van der Waals surface area contributed by atoms with Crippen molar-refractivity contribution in [2.75, 3.05) is 6.61 Å². The van der Waals surface area contributed by atoms with Crippen molar-refractivity contribution < 1.29 is 24.4 Å². The van der Waals surface area contributed by atoms with Crippen molar-refractivity contribution in [3.63, 3.8) is 0 Å². The monoisotopic (exact) mass is 407 g/mol. The number of allylic oxidation sites excluding steroid dienone is 1. The van der Waals surface area contributed by atoms with Gasteiger partial charge in [-0.2, -0.15) is 4.99 Å². The Hall–Kier alpha value is -4.14. The van der Waals surface area contributed by atoms with E-state index in [2.05, 4.69) is 9.98 Å². The maximum Gasteiger partial charge on any atom is 0.343 e. The van der Waals surface area contributed by atoms with Crippen molar-refractivity contribution in [2.24, 2.45) is 9.98 Å². The second-order valence-electron chi connectivity index (χ2n) is 6.20. The van der Waals surface area contributed by atoms with Crippen LogP contribution in [0.15, 0.2) is 69.8 Å². The summed E-state index contributed by atoms with van der Waals surface area (Å²) in [5, 5.41) is 21.3. The fourth-order valence-corrected chi connectivity index (χ4v) is 2.98. The van der Waals surface area contributed by atoms with E-state index in [4.69, 9.17) is 4.74 Å². The first-order valence-corrected chi connectivity index (χ1v) is 8.97. The Balaban J connectivity index is 2.13. The highest BCUT2D eigenvalue weighted by molar-refractivity contribution is 6.36. The number of para-hydroxylation sites is 1. The number of amides is 1. The van der Waals surface area contributed by atoms with E-state index in [1.807, 2.05) is 0 Å². The number of nitro groups is 1. The molecule has 3 rings (SSSR count). The summed E-state index contributed by atoms with van der Waals surface area (Å²) < 4.78 is 5.00. The number of nitro benzene ring substituents is 1. The van der Waals surface area contributed by atoms with Crippen LogP contribution in [0.3, 0.4) is 0 Å². The second kappa shape index (κ2) is 8.48. The molecule has 0 fully saturated rings. The van der Waals surface area contributed by atoms with Gasteiger partial charge in [-0.1, -0.05) is 36.4 Å². The van der Waals surface area contributed by atoms with Gasteiger partial charge < -0.3 is 9.84 Å². The number of carbonyl (C=O) groups excluding carboxylic acids is 2. The lowest BCUT2D eigenvalue weighted by molar-refractivity contribution is -0.385. The average molecular weight is 407 g/mol. The fraction of sp³-hybridized carbons (Fsp3) is 0.143. The van der Waals surface area contributed by atoms with Crippen molar-refractivity contribution in [3.8, 4) is 0 Å². The van der Waals surface area contributed by atoms with Crippen LogP contribution in [0.25, 0.3) is 0 Å². The minimum absolute atomic E-state index is 0.0215. The molecule has 1 aliphatic rings. The number of aliphatic hydroxyl groups excluding tert-OH is 1. The Kier molecular flexibility index (Phi) is 5.82. The largest absolute Gasteiger partial charge is 0.512 e. The molecule has 1 aliphatic heterocycles. The minimum Gasteiger partial charge on any atom is -0.512 e. The predicted molar refractivity (Wildman–Crippen MR) is 109 cm³/mol. The third-order valence-electron chi connectivity index (χ3n) is 4.26. The first-order chi connectivity index (χ1) is 14.3. The van der Waals surface area contributed by atoms with Crippen molar-refractivity contribution in [2.45, 2.75) is 13.8 Å². The number of benzene rings is 2. The molecule has 9 nitrogen and oxygen atoms in total. The molecule has 2 aromatic carbocycles. The molecular formula is C21H17N3O6. The van der Waals surface area contributed by atoms with Gasteiger partial charge in [-0.3, -0.25) is 14.9 Å². The van der Waals surface area contributed by atoms with Crippen LogP contribution in [-0.4, -0.2) is 40.1 Å². The number of rotatable bonds is 5. The quantitative estimate of drug-likeness (QED) is 0.266. The zero-order valence-corrected chi connectivity index (χ0v) is 16.2. The van der Waals surface area contributed by atoms with Crippen molar-refractivity contribution in [1.82, 2.24) is 0 Å². The summed E-state index contributed by atoms with van der Waals surface area (Å²) in [4.78, 5) is 43.8. The van der Waals surface area contributed by atoms with Crippen molar-refractivity contribution in [1.29, 1.82) is 0 Å². The summed E-state index contributed by atoms with van der Waals surface area (Å²) in [6.45, 7) is 3.05. The number of ether oxygens (including phenoxy) is 1. The van der Waals surface area contributed by atoms with Gasteiger partial charge in [0.05, 0.1) is 17.2 Å². The van der Waals surface area contributed by atoms with Crippen LogP contribution in [0, 0.1) is 10.1 Å². The zero-order valence-electron chi connectivity index (χ0n) is 16.2. The van der Waals surface area contributed by atoms with Gasteiger partial charge in [-0.05, 0) is 19.9 Å². The topological polar surface area (TPSA) is 131 Å². The van der Waals surface area contributed by atoms with Gasteiger partial charge in [-0.25, -0.2) is 9.79 Å². The van der Waals surface area contributed by atoms with Crippen LogP contribution in [-0.2, 0) is 9.53 Å². The summed E-state index contributed by atoms with van der Waals surface area (Å²) in [6.07, 6.45) is 0. The summed E-state index contributed by atoms with van der Waals surface area (Å²) in [5.74, 6) is -1.93. The van der Waals surface area contributed by atoms with Crippen LogP contribution >= 0.6 is 0 Å². The molecule has 1 heterocycles. The van der Waals surface area contributed by atoms with Crippen molar-refractivity contribution >= 4 is 29.1 Å². The van der Waals surface area contributed by atoms with Gasteiger partial charge in [-0.15, -0.1) is 0 Å². The first-order valence-electron chi connectivity index (χ1n) is 8.97. The van der Waals surface area contributed by atoms with Crippen LogP contribution in [0.4, 0.5) is 5.69 Å². The van der Waals surface area contributed by atoms with Crippen LogP contribution in [0.2, 0.25) is 0 Å². The van der Waals surface area contributed by atoms with Gasteiger partial charge in [0.1, 0.15) is 16.9 Å². The molecule has 30 heavy (non-hydrogen) atoms. The molecule has 0 saturated carbocycles. The lowest BCUT2D eigenvalue weighted by Gasteiger charge is -2.08. The number of nitrogens with zero attached hydrogens (tertiary/aromatic N) is 3. The number of esters is 1.